The molecular weight excluding hydrogens is 268 g/mol. The van der Waals surface area contributed by atoms with Gasteiger partial charge in [0.2, 0.25) is 0 Å². The highest BCUT2D eigenvalue weighted by Crippen LogP contribution is 2.29. The molecule has 1 unspecified atom stereocenters. The number of likely N-dealkylation sites (tertiary alicyclic amines) is 1. The van der Waals surface area contributed by atoms with Crippen LogP contribution in [0.25, 0.3) is 0 Å². The summed E-state index contributed by atoms with van der Waals surface area (Å²) >= 11 is 0. The third-order valence-corrected chi connectivity index (χ3v) is 4.61. The summed E-state index contributed by atoms with van der Waals surface area (Å²) in [5.41, 5.74) is 12.1. The Hall–Kier alpha value is -0.570. The van der Waals surface area contributed by atoms with E-state index in [1.165, 1.54) is 22.3 Å². The van der Waals surface area contributed by atoms with E-state index in [0.29, 0.717) is 6.04 Å². The first-order chi connectivity index (χ1) is 8.79. The van der Waals surface area contributed by atoms with Gasteiger partial charge >= 0.3 is 0 Å². The Kier molecular flexibility index (Phi) is 5.65. The summed E-state index contributed by atoms with van der Waals surface area (Å²) in [6, 6.07) is 4.93. The maximum atomic E-state index is 6.22. The van der Waals surface area contributed by atoms with Crippen LogP contribution in [0.15, 0.2) is 12.1 Å². The van der Waals surface area contributed by atoms with E-state index in [-0.39, 0.29) is 17.8 Å². The molecule has 0 spiro atoms. The van der Waals surface area contributed by atoms with E-state index >= 15 is 0 Å². The van der Waals surface area contributed by atoms with Crippen molar-refractivity contribution >= 4 is 12.4 Å². The van der Waals surface area contributed by atoms with Crippen LogP contribution in [-0.4, -0.2) is 24.0 Å². The number of hydrogen-bond donors (Lipinski definition) is 1. The zero-order valence-corrected chi connectivity index (χ0v) is 14.3. The topological polar surface area (TPSA) is 29.3 Å². The summed E-state index contributed by atoms with van der Waals surface area (Å²) in [6.07, 6.45) is 1.11. The van der Waals surface area contributed by atoms with Crippen LogP contribution in [0.1, 0.15) is 42.5 Å². The average Bonchev–Trinajstić information content (AvgIpc) is 2.28. The quantitative estimate of drug-likeness (QED) is 0.903. The van der Waals surface area contributed by atoms with Crippen LogP contribution in [0, 0.1) is 26.2 Å². The fourth-order valence-electron chi connectivity index (χ4n) is 3.30. The van der Waals surface area contributed by atoms with E-state index in [9.17, 15) is 0 Å². The summed E-state index contributed by atoms with van der Waals surface area (Å²) in [6.45, 7) is 14.5. The summed E-state index contributed by atoms with van der Waals surface area (Å²) in [5, 5.41) is 0. The normalized spacial score (nSPS) is 22.4. The Morgan fingerprint density at radius 3 is 2.25 bits per heavy atom. The van der Waals surface area contributed by atoms with Crippen molar-refractivity contribution in [2.45, 2.75) is 53.6 Å². The lowest BCUT2D eigenvalue weighted by Gasteiger charge is -2.43. The predicted molar refractivity (Wildman–Crippen MR) is 89.6 cm³/mol. The molecule has 3 heteroatoms. The van der Waals surface area contributed by atoms with Crippen LogP contribution < -0.4 is 5.73 Å². The van der Waals surface area contributed by atoms with Crippen LogP contribution in [0.3, 0.4) is 0 Å². The van der Waals surface area contributed by atoms with E-state index in [1.807, 2.05) is 0 Å². The lowest BCUT2D eigenvalue weighted by molar-refractivity contribution is 0.0896. The van der Waals surface area contributed by atoms with Gasteiger partial charge in [-0.25, -0.2) is 0 Å². The molecule has 1 saturated heterocycles. The smallest absolute Gasteiger partial charge is 0.0239 e. The minimum atomic E-state index is 0. The fraction of sp³-hybridized carbons (Fsp3) is 0.647. The Morgan fingerprint density at radius 2 is 1.75 bits per heavy atom. The SMILES string of the molecule is Cc1cc(C)c(CN2CCC(N)C(C)(C)C2)c(C)c1.Cl. The predicted octanol–water partition coefficient (Wildman–Crippen LogP) is 3.59. The zero-order chi connectivity index (χ0) is 14.2. The zero-order valence-electron chi connectivity index (χ0n) is 13.5. The van der Waals surface area contributed by atoms with Crippen LogP contribution in [0.4, 0.5) is 0 Å². The summed E-state index contributed by atoms with van der Waals surface area (Å²) in [7, 11) is 0. The molecule has 1 aliphatic heterocycles. The molecule has 20 heavy (non-hydrogen) atoms. The van der Waals surface area contributed by atoms with Crippen LogP contribution in [-0.2, 0) is 6.54 Å². The largest absolute Gasteiger partial charge is 0.327 e. The number of nitrogens with zero attached hydrogens (tertiary/aromatic N) is 1. The molecule has 2 nitrogen and oxygen atoms in total. The van der Waals surface area contributed by atoms with Gasteiger partial charge in [0.25, 0.3) is 0 Å². The molecule has 1 aromatic rings. The molecule has 1 heterocycles. The Bertz CT molecular complexity index is 445. The number of aryl methyl sites for hydroxylation is 3. The number of piperidine rings is 1. The number of hydrogen-bond acceptors (Lipinski definition) is 2. The highest BCUT2D eigenvalue weighted by molar-refractivity contribution is 5.85. The van der Waals surface area contributed by atoms with Gasteiger partial charge in [-0.15, -0.1) is 12.4 Å². The Labute approximate surface area is 130 Å². The minimum absolute atomic E-state index is 0. The summed E-state index contributed by atoms with van der Waals surface area (Å²) < 4.78 is 0. The van der Waals surface area contributed by atoms with E-state index in [4.69, 9.17) is 5.73 Å². The molecule has 0 saturated carbocycles. The summed E-state index contributed by atoms with van der Waals surface area (Å²) in [4.78, 5) is 2.56. The van der Waals surface area contributed by atoms with E-state index < -0.39 is 0 Å². The monoisotopic (exact) mass is 296 g/mol. The highest BCUT2D eigenvalue weighted by atomic mass is 35.5. The molecule has 0 amide bonds. The van der Waals surface area contributed by atoms with Gasteiger partial charge < -0.3 is 5.73 Å². The van der Waals surface area contributed by atoms with Crippen molar-refractivity contribution in [3.8, 4) is 0 Å². The Balaban J connectivity index is 0.00000200. The van der Waals surface area contributed by atoms with Crippen molar-refractivity contribution in [1.29, 1.82) is 0 Å². The minimum Gasteiger partial charge on any atom is -0.327 e. The molecular formula is C17H29ClN2. The van der Waals surface area contributed by atoms with Gasteiger partial charge in [-0.2, -0.15) is 0 Å². The first-order valence-electron chi connectivity index (χ1n) is 7.34. The number of benzene rings is 1. The number of nitrogens with two attached hydrogens (primary N) is 1. The van der Waals surface area contributed by atoms with Crippen LogP contribution in [0.2, 0.25) is 0 Å². The van der Waals surface area contributed by atoms with Crippen molar-refractivity contribution in [3.63, 3.8) is 0 Å². The highest BCUT2D eigenvalue weighted by Gasteiger charge is 2.33. The number of halogens is 1. The lowest BCUT2D eigenvalue weighted by Crippen LogP contribution is -2.52. The maximum Gasteiger partial charge on any atom is 0.0239 e. The van der Waals surface area contributed by atoms with Crippen molar-refractivity contribution in [3.05, 3.63) is 34.4 Å². The van der Waals surface area contributed by atoms with Gasteiger partial charge in [-0.3, -0.25) is 4.90 Å². The standard InChI is InChI=1S/C17H28N2.ClH/c1-12-8-13(2)15(14(3)9-12)10-19-7-6-16(18)17(4,5)11-19;/h8-9,16H,6-7,10-11,18H2,1-5H3;1H. The molecule has 0 aliphatic carbocycles. The molecule has 1 atom stereocenters. The number of rotatable bonds is 2. The van der Waals surface area contributed by atoms with Crippen molar-refractivity contribution < 1.29 is 0 Å². The first kappa shape index (κ1) is 17.5. The first-order valence-corrected chi connectivity index (χ1v) is 7.34. The van der Waals surface area contributed by atoms with Crippen LogP contribution >= 0.6 is 12.4 Å². The molecule has 114 valence electrons. The molecule has 1 aliphatic rings. The third kappa shape index (κ3) is 3.75. The van der Waals surface area contributed by atoms with E-state index in [2.05, 4.69) is 51.7 Å². The third-order valence-electron chi connectivity index (χ3n) is 4.61. The van der Waals surface area contributed by atoms with Gasteiger partial charge in [0, 0.05) is 25.7 Å². The average molecular weight is 297 g/mol. The van der Waals surface area contributed by atoms with Gasteiger partial charge in [0.15, 0.2) is 0 Å². The van der Waals surface area contributed by atoms with Crippen molar-refractivity contribution in [2.24, 2.45) is 11.1 Å². The second kappa shape index (κ2) is 6.46. The van der Waals surface area contributed by atoms with E-state index in [1.54, 1.807) is 0 Å². The second-order valence-corrected chi connectivity index (χ2v) is 6.97. The second-order valence-electron chi connectivity index (χ2n) is 6.97. The van der Waals surface area contributed by atoms with Crippen LogP contribution in [0.5, 0.6) is 0 Å². The van der Waals surface area contributed by atoms with Crippen molar-refractivity contribution in [2.75, 3.05) is 13.1 Å². The fourth-order valence-corrected chi connectivity index (χ4v) is 3.30. The molecule has 2 rings (SSSR count). The summed E-state index contributed by atoms with van der Waals surface area (Å²) in [5.74, 6) is 0. The molecule has 0 radical (unpaired) electrons. The molecule has 1 aromatic carbocycles. The van der Waals surface area contributed by atoms with E-state index in [0.717, 1.165) is 26.1 Å². The van der Waals surface area contributed by atoms with Gasteiger partial charge in [-0.1, -0.05) is 31.5 Å². The van der Waals surface area contributed by atoms with Crippen molar-refractivity contribution in [1.82, 2.24) is 4.90 Å². The van der Waals surface area contributed by atoms with Gasteiger partial charge in [0.1, 0.15) is 0 Å². The van der Waals surface area contributed by atoms with Gasteiger partial charge in [-0.05, 0) is 49.3 Å². The maximum absolute atomic E-state index is 6.22. The Morgan fingerprint density at radius 1 is 1.20 bits per heavy atom. The lowest BCUT2D eigenvalue weighted by atomic mass is 9.79. The molecule has 0 aromatic heterocycles. The van der Waals surface area contributed by atoms with Gasteiger partial charge in [0.05, 0.1) is 0 Å². The molecule has 2 N–H and O–H groups in total. The molecule has 1 fully saturated rings. The molecule has 0 bridgehead atoms.